The Kier molecular flexibility index (Phi) is 5.28. The SMILES string of the molecule is Cl.N[C@@H](c1cc(Br)cc(Br)c1O)[C@H](O)C1CC1. The molecule has 0 unspecified atom stereocenters. The van der Waals surface area contributed by atoms with Crippen LogP contribution >= 0.6 is 44.3 Å². The van der Waals surface area contributed by atoms with E-state index in [1.165, 1.54) is 0 Å². The first kappa shape index (κ1) is 15.2. The molecule has 96 valence electrons. The standard InChI is InChI=1S/C11H13Br2NO2.ClH/c12-6-3-7(11(16)8(13)4-6)9(14)10(15)5-1-2-5;/h3-5,9-10,15-16H,1-2,14H2;1H/t9-,10+;/m0./s1. The van der Waals surface area contributed by atoms with Crippen molar-refractivity contribution in [3.05, 3.63) is 26.6 Å². The van der Waals surface area contributed by atoms with Crippen molar-refractivity contribution in [1.82, 2.24) is 0 Å². The molecule has 1 aromatic rings. The number of nitrogens with two attached hydrogens (primary N) is 1. The summed E-state index contributed by atoms with van der Waals surface area (Å²) in [7, 11) is 0. The van der Waals surface area contributed by atoms with Gasteiger partial charge in [0.2, 0.25) is 0 Å². The minimum absolute atomic E-state index is 0. The number of hydrogen-bond acceptors (Lipinski definition) is 3. The zero-order valence-electron chi connectivity index (χ0n) is 8.94. The van der Waals surface area contributed by atoms with Crippen molar-refractivity contribution in [3.8, 4) is 5.75 Å². The molecule has 2 atom stereocenters. The van der Waals surface area contributed by atoms with Gasteiger partial charge in [0.15, 0.2) is 0 Å². The molecule has 1 aliphatic rings. The predicted molar refractivity (Wildman–Crippen MR) is 76.4 cm³/mol. The fourth-order valence-corrected chi connectivity index (χ4v) is 3.01. The third-order valence-electron chi connectivity index (χ3n) is 2.89. The van der Waals surface area contributed by atoms with Crippen LogP contribution in [-0.4, -0.2) is 16.3 Å². The zero-order valence-corrected chi connectivity index (χ0v) is 12.9. The van der Waals surface area contributed by atoms with Gasteiger partial charge in [-0.05, 0) is 46.8 Å². The normalized spacial score (nSPS) is 18.4. The summed E-state index contributed by atoms with van der Waals surface area (Å²) in [4.78, 5) is 0. The minimum Gasteiger partial charge on any atom is -0.506 e. The number of phenols is 1. The van der Waals surface area contributed by atoms with Crippen LogP contribution in [0.2, 0.25) is 0 Å². The van der Waals surface area contributed by atoms with Crippen LogP contribution in [0.1, 0.15) is 24.4 Å². The molecule has 17 heavy (non-hydrogen) atoms. The lowest BCUT2D eigenvalue weighted by Gasteiger charge is -2.20. The molecule has 2 rings (SSSR count). The lowest BCUT2D eigenvalue weighted by Crippen LogP contribution is -2.28. The van der Waals surface area contributed by atoms with E-state index in [4.69, 9.17) is 5.73 Å². The molecule has 0 radical (unpaired) electrons. The molecule has 6 heteroatoms. The average molecular weight is 387 g/mol. The number of aliphatic hydroxyl groups is 1. The third kappa shape index (κ3) is 3.35. The molecular weight excluding hydrogens is 373 g/mol. The molecule has 4 N–H and O–H groups in total. The number of aromatic hydroxyl groups is 1. The van der Waals surface area contributed by atoms with Crippen molar-refractivity contribution in [2.45, 2.75) is 25.0 Å². The van der Waals surface area contributed by atoms with E-state index in [-0.39, 0.29) is 24.1 Å². The van der Waals surface area contributed by atoms with Crippen LogP contribution in [0.25, 0.3) is 0 Å². The van der Waals surface area contributed by atoms with Gasteiger partial charge in [-0.1, -0.05) is 15.9 Å². The molecule has 0 bridgehead atoms. The molecule has 0 aromatic heterocycles. The molecule has 1 aromatic carbocycles. The first-order valence-electron chi connectivity index (χ1n) is 5.12. The summed E-state index contributed by atoms with van der Waals surface area (Å²) in [5.41, 5.74) is 6.54. The van der Waals surface area contributed by atoms with Gasteiger partial charge in [0.1, 0.15) is 5.75 Å². The zero-order chi connectivity index (χ0) is 11.9. The van der Waals surface area contributed by atoms with Gasteiger partial charge in [0.25, 0.3) is 0 Å². The van der Waals surface area contributed by atoms with Crippen molar-refractivity contribution in [2.75, 3.05) is 0 Å². The molecule has 0 aliphatic heterocycles. The first-order valence-corrected chi connectivity index (χ1v) is 6.71. The lowest BCUT2D eigenvalue weighted by molar-refractivity contribution is 0.121. The summed E-state index contributed by atoms with van der Waals surface area (Å²) < 4.78 is 1.40. The van der Waals surface area contributed by atoms with Crippen molar-refractivity contribution in [1.29, 1.82) is 0 Å². The summed E-state index contributed by atoms with van der Waals surface area (Å²) in [6.45, 7) is 0. The van der Waals surface area contributed by atoms with E-state index in [9.17, 15) is 10.2 Å². The van der Waals surface area contributed by atoms with E-state index in [0.717, 1.165) is 17.3 Å². The maximum atomic E-state index is 9.95. The Morgan fingerprint density at radius 3 is 2.41 bits per heavy atom. The number of hydrogen-bond donors (Lipinski definition) is 3. The summed E-state index contributed by atoms with van der Waals surface area (Å²) in [5.74, 6) is 0.391. The highest BCUT2D eigenvalue weighted by atomic mass is 79.9. The summed E-state index contributed by atoms with van der Waals surface area (Å²) >= 11 is 6.59. The fourth-order valence-electron chi connectivity index (χ4n) is 1.75. The first-order chi connectivity index (χ1) is 7.50. The molecule has 3 nitrogen and oxygen atoms in total. The highest BCUT2D eigenvalue weighted by molar-refractivity contribution is 9.11. The quantitative estimate of drug-likeness (QED) is 0.747. The Labute approximate surface area is 123 Å². The van der Waals surface area contributed by atoms with E-state index in [0.29, 0.717) is 10.0 Å². The largest absolute Gasteiger partial charge is 0.506 e. The van der Waals surface area contributed by atoms with Gasteiger partial charge in [-0.2, -0.15) is 0 Å². The van der Waals surface area contributed by atoms with Gasteiger partial charge in [-0.15, -0.1) is 12.4 Å². The topological polar surface area (TPSA) is 66.5 Å². The monoisotopic (exact) mass is 385 g/mol. The van der Waals surface area contributed by atoms with Gasteiger partial charge in [0.05, 0.1) is 16.6 Å². The van der Waals surface area contributed by atoms with Crippen LogP contribution in [0.15, 0.2) is 21.1 Å². The van der Waals surface area contributed by atoms with E-state index in [1.54, 1.807) is 12.1 Å². The number of phenolic OH excluding ortho intramolecular Hbond substituents is 1. The molecule has 1 aliphatic carbocycles. The van der Waals surface area contributed by atoms with Crippen LogP contribution in [0.5, 0.6) is 5.75 Å². The lowest BCUT2D eigenvalue weighted by atomic mass is 9.98. The Balaban J connectivity index is 0.00000144. The van der Waals surface area contributed by atoms with Gasteiger partial charge < -0.3 is 15.9 Å². The Morgan fingerprint density at radius 2 is 1.88 bits per heavy atom. The molecule has 0 heterocycles. The number of benzene rings is 1. The van der Waals surface area contributed by atoms with Gasteiger partial charge in [0, 0.05) is 10.0 Å². The Hall–Kier alpha value is 0.190. The number of rotatable bonds is 3. The highest BCUT2D eigenvalue weighted by Crippen LogP contribution is 2.41. The van der Waals surface area contributed by atoms with E-state index in [2.05, 4.69) is 31.9 Å². The second kappa shape index (κ2) is 5.89. The molecule has 0 saturated heterocycles. The van der Waals surface area contributed by atoms with Crippen LogP contribution in [-0.2, 0) is 0 Å². The van der Waals surface area contributed by atoms with Gasteiger partial charge in [-0.3, -0.25) is 0 Å². The van der Waals surface area contributed by atoms with Gasteiger partial charge >= 0.3 is 0 Å². The van der Waals surface area contributed by atoms with E-state index < -0.39 is 12.1 Å². The van der Waals surface area contributed by atoms with Gasteiger partial charge in [-0.25, -0.2) is 0 Å². The smallest absolute Gasteiger partial charge is 0.134 e. The van der Waals surface area contributed by atoms with Crippen LogP contribution in [0, 0.1) is 5.92 Å². The van der Waals surface area contributed by atoms with Crippen molar-refractivity contribution >= 4 is 44.3 Å². The predicted octanol–water partition coefficient (Wildman–Crippen LogP) is 3.11. The number of halogens is 3. The average Bonchev–Trinajstić information content (AvgIpc) is 3.05. The maximum Gasteiger partial charge on any atom is 0.134 e. The third-order valence-corrected chi connectivity index (χ3v) is 3.95. The van der Waals surface area contributed by atoms with Crippen LogP contribution in [0.4, 0.5) is 0 Å². The maximum absolute atomic E-state index is 9.95. The molecule has 0 spiro atoms. The second-order valence-corrected chi connectivity index (χ2v) is 5.95. The number of aliphatic hydroxyl groups excluding tert-OH is 1. The van der Waals surface area contributed by atoms with E-state index in [1.807, 2.05) is 0 Å². The highest BCUT2D eigenvalue weighted by Gasteiger charge is 2.35. The molecular formula is C11H14Br2ClNO2. The van der Waals surface area contributed by atoms with Crippen LogP contribution < -0.4 is 5.73 Å². The molecule has 1 fully saturated rings. The Morgan fingerprint density at radius 1 is 1.29 bits per heavy atom. The van der Waals surface area contributed by atoms with Crippen molar-refractivity contribution in [2.24, 2.45) is 11.7 Å². The summed E-state index contributed by atoms with van der Waals surface area (Å²) in [6, 6.07) is 2.95. The Bertz CT molecular complexity index is 413. The van der Waals surface area contributed by atoms with E-state index >= 15 is 0 Å². The minimum atomic E-state index is -0.577. The van der Waals surface area contributed by atoms with Crippen molar-refractivity contribution in [3.63, 3.8) is 0 Å². The molecule has 0 amide bonds. The van der Waals surface area contributed by atoms with Crippen molar-refractivity contribution < 1.29 is 10.2 Å². The summed E-state index contributed by atoms with van der Waals surface area (Å²) in [6.07, 6.45) is 1.46. The second-order valence-electron chi connectivity index (χ2n) is 4.18. The molecule has 1 saturated carbocycles. The van der Waals surface area contributed by atoms with Crippen LogP contribution in [0.3, 0.4) is 0 Å². The fraction of sp³-hybridized carbons (Fsp3) is 0.455. The summed E-state index contributed by atoms with van der Waals surface area (Å²) in [5, 5.41) is 19.8.